The van der Waals surface area contributed by atoms with Crippen LogP contribution in [0.2, 0.25) is 0 Å². The highest BCUT2D eigenvalue weighted by molar-refractivity contribution is 7.07. The van der Waals surface area contributed by atoms with E-state index in [1.807, 2.05) is 64.5 Å². The van der Waals surface area contributed by atoms with Crippen LogP contribution in [0.1, 0.15) is 0 Å². The van der Waals surface area contributed by atoms with Crippen LogP contribution in [0.3, 0.4) is 0 Å². The highest BCUT2D eigenvalue weighted by atomic mass is 32.1. The molecular weight excluding hydrogens is 322 g/mol. The first kappa shape index (κ1) is 14.5. The van der Waals surface area contributed by atoms with Gasteiger partial charge in [0.2, 0.25) is 4.80 Å². The van der Waals surface area contributed by atoms with E-state index in [-0.39, 0.29) is 5.63 Å². The lowest BCUT2D eigenvalue weighted by Gasteiger charge is -2.08. The molecule has 0 atom stereocenters. The van der Waals surface area contributed by atoms with Crippen molar-refractivity contribution >= 4 is 22.3 Å². The molecule has 0 fully saturated rings. The number of fused-ring (bicyclic) bond motifs is 1. The lowest BCUT2D eigenvalue weighted by Crippen LogP contribution is -2.17. The Morgan fingerprint density at radius 3 is 2.58 bits per heavy atom. The predicted octanol–water partition coefficient (Wildman–Crippen LogP) is 3.09. The normalized spacial score (nSPS) is 11.9. The van der Waals surface area contributed by atoms with Gasteiger partial charge in [0.15, 0.2) is 0 Å². The number of hydrogen-bond acceptors (Lipinski definition) is 5. The van der Waals surface area contributed by atoms with Crippen molar-refractivity contribution in [2.24, 2.45) is 10.9 Å². The van der Waals surface area contributed by atoms with Gasteiger partial charge in [0.05, 0.1) is 11.3 Å². The van der Waals surface area contributed by atoms with Gasteiger partial charge < -0.3 is 10.3 Å². The Kier molecular flexibility index (Phi) is 3.51. The highest BCUT2D eigenvalue weighted by Gasteiger charge is 2.15. The molecule has 0 unspecified atom stereocenters. The zero-order chi connectivity index (χ0) is 16.5. The van der Waals surface area contributed by atoms with Crippen molar-refractivity contribution in [3.63, 3.8) is 0 Å². The molecule has 118 valence electrons. The van der Waals surface area contributed by atoms with E-state index in [9.17, 15) is 4.79 Å². The Hall–Kier alpha value is -3.12. The lowest BCUT2D eigenvalue weighted by molar-refractivity contribution is 0.563. The molecule has 0 saturated heterocycles. The summed E-state index contributed by atoms with van der Waals surface area (Å²) in [6.45, 7) is 0. The van der Waals surface area contributed by atoms with Crippen molar-refractivity contribution in [1.82, 2.24) is 4.57 Å². The summed E-state index contributed by atoms with van der Waals surface area (Å²) >= 11 is 1.37. The van der Waals surface area contributed by atoms with Crippen molar-refractivity contribution in [3.8, 4) is 16.9 Å². The van der Waals surface area contributed by atoms with Gasteiger partial charge in [-0.25, -0.2) is 4.79 Å². The Balaban J connectivity index is 2.04. The van der Waals surface area contributed by atoms with E-state index in [2.05, 4.69) is 5.10 Å². The van der Waals surface area contributed by atoms with Crippen LogP contribution < -0.4 is 16.3 Å². The molecule has 0 aliphatic carbocycles. The minimum Gasteiger partial charge on any atom is -0.422 e. The van der Waals surface area contributed by atoms with Gasteiger partial charge in [0, 0.05) is 16.5 Å². The van der Waals surface area contributed by atoms with Gasteiger partial charge in [0.25, 0.3) is 0 Å². The molecule has 0 bridgehead atoms. The molecule has 0 amide bonds. The van der Waals surface area contributed by atoms with E-state index < -0.39 is 0 Å². The third-order valence-electron chi connectivity index (χ3n) is 3.75. The van der Waals surface area contributed by atoms with Gasteiger partial charge in [-0.1, -0.05) is 36.4 Å². The number of nitrogens with two attached hydrogens (primary N) is 1. The van der Waals surface area contributed by atoms with Crippen LogP contribution in [0.15, 0.2) is 80.4 Å². The maximum Gasteiger partial charge on any atom is 0.345 e. The van der Waals surface area contributed by atoms with E-state index in [0.717, 1.165) is 11.1 Å². The summed E-state index contributed by atoms with van der Waals surface area (Å²) in [7, 11) is 0. The fourth-order valence-electron chi connectivity index (χ4n) is 2.66. The molecule has 0 radical (unpaired) electrons. The van der Waals surface area contributed by atoms with Crippen molar-refractivity contribution < 1.29 is 4.42 Å². The minimum atomic E-state index is -0.389. The lowest BCUT2D eigenvalue weighted by atomic mass is 10.1. The molecule has 0 spiro atoms. The van der Waals surface area contributed by atoms with Crippen LogP contribution in [-0.2, 0) is 0 Å². The van der Waals surface area contributed by atoms with Crippen molar-refractivity contribution in [2.45, 2.75) is 0 Å². The number of aromatic nitrogens is 1. The number of nitrogens with zero attached hydrogens (tertiary/aromatic N) is 2. The second-order valence-electron chi connectivity index (χ2n) is 5.19. The zero-order valence-electron chi connectivity index (χ0n) is 12.5. The van der Waals surface area contributed by atoms with E-state index in [1.54, 1.807) is 6.07 Å². The molecule has 2 aromatic heterocycles. The van der Waals surface area contributed by atoms with Crippen LogP contribution in [-0.4, -0.2) is 4.57 Å². The molecule has 0 aliphatic rings. The van der Waals surface area contributed by atoms with Gasteiger partial charge in [-0.05, 0) is 24.3 Å². The summed E-state index contributed by atoms with van der Waals surface area (Å²) in [6.07, 6.45) is 0. The van der Waals surface area contributed by atoms with E-state index in [1.165, 1.54) is 11.3 Å². The van der Waals surface area contributed by atoms with Crippen LogP contribution in [0.25, 0.3) is 27.9 Å². The van der Waals surface area contributed by atoms with E-state index >= 15 is 0 Å². The molecule has 2 N–H and O–H groups in total. The monoisotopic (exact) mass is 335 g/mol. The van der Waals surface area contributed by atoms with Gasteiger partial charge >= 0.3 is 5.63 Å². The van der Waals surface area contributed by atoms with E-state index in [4.69, 9.17) is 10.3 Å². The molecule has 4 rings (SSSR count). The van der Waals surface area contributed by atoms with Crippen LogP contribution in [0.5, 0.6) is 0 Å². The number of rotatable bonds is 2. The second-order valence-corrected chi connectivity index (χ2v) is 6.03. The van der Waals surface area contributed by atoms with Gasteiger partial charge in [-0.2, -0.15) is 5.10 Å². The molecule has 24 heavy (non-hydrogen) atoms. The third-order valence-corrected chi connectivity index (χ3v) is 4.59. The Bertz CT molecular complexity index is 1140. The molecule has 2 heterocycles. The summed E-state index contributed by atoms with van der Waals surface area (Å²) < 4.78 is 7.31. The van der Waals surface area contributed by atoms with Crippen LogP contribution in [0, 0.1) is 0 Å². The minimum absolute atomic E-state index is 0.389. The number of thiazole rings is 1. The average Bonchev–Trinajstić information content (AvgIpc) is 3.05. The smallest absolute Gasteiger partial charge is 0.345 e. The molecule has 0 saturated carbocycles. The molecule has 6 heteroatoms. The fourth-order valence-corrected chi connectivity index (χ4v) is 3.48. The SMILES string of the molecule is N/N=c1\scc(-c2cc3ccccc3oc2=O)n1-c1ccccc1. The zero-order valence-corrected chi connectivity index (χ0v) is 13.4. The first-order valence-corrected chi connectivity index (χ1v) is 8.19. The quantitative estimate of drug-likeness (QED) is 0.347. The second kappa shape index (κ2) is 5.82. The summed E-state index contributed by atoms with van der Waals surface area (Å²) in [5, 5.41) is 6.56. The molecular formula is C18H13N3O2S. The Morgan fingerprint density at radius 2 is 1.79 bits per heavy atom. The van der Waals surface area contributed by atoms with Gasteiger partial charge in [-0.3, -0.25) is 4.57 Å². The standard InChI is InChI=1S/C18H13N3O2S/c19-20-18-21(13-7-2-1-3-8-13)15(11-24-18)14-10-12-6-4-5-9-16(12)23-17(14)22/h1-11H,19H2/b20-18-. The van der Waals surface area contributed by atoms with Crippen LogP contribution >= 0.6 is 11.3 Å². The van der Waals surface area contributed by atoms with Crippen LogP contribution in [0.4, 0.5) is 0 Å². The molecule has 2 aromatic carbocycles. The number of para-hydroxylation sites is 2. The maximum absolute atomic E-state index is 12.5. The summed E-state index contributed by atoms with van der Waals surface area (Å²) in [6, 6.07) is 18.9. The molecule has 5 nitrogen and oxygen atoms in total. The fraction of sp³-hybridized carbons (Fsp3) is 0. The predicted molar refractivity (Wildman–Crippen MR) is 94.9 cm³/mol. The van der Waals surface area contributed by atoms with Crippen molar-refractivity contribution in [2.75, 3.05) is 0 Å². The Morgan fingerprint density at radius 1 is 1.04 bits per heavy atom. The maximum atomic E-state index is 12.5. The molecule has 0 aliphatic heterocycles. The van der Waals surface area contributed by atoms with E-state index in [0.29, 0.717) is 21.6 Å². The van der Waals surface area contributed by atoms with Gasteiger partial charge in [0.1, 0.15) is 5.58 Å². The number of benzene rings is 2. The highest BCUT2D eigenvalue weighted by Crippen LogP contribution is 2.24. The average molecular weight is 335 g/mol. The first-order chi connectivity index (χ1) is 11.8. The Labute approximate surface area is 140 Å². The first-order valence-electron chi connectivity index (χ1n) is 7.31. The third kappa shape index (κ3) is 2.33. The molecule has 4 aromatic rings. The summed E-state index contributed by atoms with van der Waals surface area (Å²) in [4.78, 5) is 13.1. The summed E-state index contributed by atoms with van der Waals surface area (Å²) in [5.74, 6) is 5.52. The van der Waals surface area contributed by atoms with Gasteiger partial charge in [-0.15, -0.1) is 11.3 Å². The largest absolute Gasteiger partial charge is 0.422 e. The summed E-state index contributed by atoms with van der Waals surface area (Å²) in [5.41, 5.74) is 2.24. The topological polar surface area (TPSA) is 73.5 Å². The van der Waals surface area contributed by atoms with Crippen molar-refractivity contribution in [3.05, 3.63) is 81.3 Å². The number of hydrogen-bond donors (Lipinski definition) is 1. The van der Waals surface area contributed by atoms with Crippen molar-refractivity contribution in [1.29, 1.82) is 0 Å².